The molecule has 3 aromatic rings. The number of imidazole rings is 1. The maximum absolute atomic E-state index is 6.07. The zero-order chi connectivity index (χ0) is 16.4. The molecule has 3 heterocycles. The molecule has 0 bridgehead atoms. The fourth-order valence-corrected chi connectivity index (χ4v) is 3.90. The highest BCUT2D eigenvalue weighted by atomic mass is 35.5. The molecule has 3 rings (SSSR count). The lowest BCUT2D eigenvalue weighted by Gasteiger charge is -2.11. The number of nitrogen functional groups attached to an aromatic ring is 1. The van der Waals surface area contributed by atoms with Gasteiger partial charge in [0.05, 0.1) is 12.9 Å². The Labute approximate surface area is 140 Å². The Morgan fingerprint density at radius 3 is 2.78 bits per heavy atom. The molecule has 1 atom stereocenters. The highest BCUT2D eigenvalue weighted by molar-refractivity contribution is 7.64. The predicted octanol–water partition coefficient (Wildman–Crippen LogP) is 2.65. The Morgan fingerprint density at radius 1 is 1.26 bits per heavy atom. The van der Waals surface area contributed by atoms with Crippen molar-refractivity contribution >= 4 is 42.1 Å². The molecule has 1 unspecified atom stereocenters. The van der Waals surface area contributed by atoms with E-state index in [-0.39, 0.29) is 0 Å². The summed E-state index contributed by atoms with van der Waals surface area (Å²) in [7, 11) is -0.395. The molecule has 6 nitrogen and oxygen atoms in total. The van der Waals surface area contributed by atoms with Crippen molar-refractivity contribution in [3.8, 4) is 0 Å². The number of hydrogen-bond donors (Lipinski definition) is 1. The van der Waals surface area contributed by atoms with E-state index >= 15 is 0 Å². The van der Waals surface area contributed by atoms with Crippen LogP contribution in [0.3, 0.4) is 0 Å². The van der Waals surface area contributed by atoms with E-state index in [9.17, 15) is 0 Å². The van der Waals surface area contributed by atoms with Crippen LogP contribution in [0.2, 0.25) is 5.15 Å². The summed E-state index contributed by atoms with van der Waals surface area (Å²) in [6.45, 7) is 4.97. The maximum atomic E-state index is 6.07. The first-order chi connectivity index (χ1) is 11.1. The number of rotatable bonds is 5. The SMILES string of the molecule is CCCP(C)c1nc(N)c2ncn(Cc3ccc(Cl)nc3)c2n1. The van der Waals surface area contributed by atoms with E-state index in [0.717, 1.165) is 29.4 Å². The second kappa shape index (κ2) is 6.77. The number of anilines is 1. The Morgan fingerprint density at radius 2 is 2.09 bits per heavy atom. The molecule has 23 heavy (non-hydrogen) atoms. The number of halogens is 1. The van der Waals surface area contributed by atoms with Crippen LogP contribution < -0.4 is 11.3 Å². The normalized spacial score (nSPS) is 12.7. The minimum atomic E-state index is -0.395. The van der Waals surface area contributed by atoms with Gasteiger partial charge in [0.25, 0.3) is 0 Å². The number of nitrogens with two attached hydrogens (primary N) is 1. The first-order valence-corrected chi connectivity index (χ1v) is 9.73. The van der Waals surface area contributed by atoms with Gasteiger partial charge in [-0.05, 0) is 32.4 Å². The third-order valence-corrected chi connectivity index (χ3v) is 5.75. The highest BCUT2D eigenvalue weighted by Gasteiger charge is 2.15. The summed E-state index contributed by atoms with van der Waals surface area (Å²) in [4.78, 5) is 17.6. The first-order valence-electron chi connectivity index (χ1n) is 7.38. The third kappa shape index (κ3) is 3.43. The molecule has 0 fully saturated rings. The summed E-state index contributed by atoms with van der Waals surface area (Å²) in [6.07, 6.45) is 5.70. The molecule has 2 N–H and O–H groups in total. The van der Waals surface area contributed by atoms with Crippen molar-refractivity contribution in [3.63, 3.8) is 0 Å². The van der Waals surface area contributed by atoms with E-state index in [1.54, 1.807) is 18.6 Å². The fraction of sp³-hybridized carbons (Fsp3) is 0.333. The molecule has 0 aromatic carbocycles. The molecule has 0 spiro atoms. The lowest BCUT2D eigenvalue weighted by Crippen LogP contribution is -2.16. The van der Waals surface area contributed by atoms with Gasteiger partial charge in [-0.25, -0.2) is 19.9 Å². The van der Waals surface area contributed by atoms with E-state index in [2.05, 4.69) is 28.5 Å². The van der Waals surface area contributed by atoms with Gasteiger partial charge in [-0.1, -0.05) is 31.0 Å². The molecule has 0 radical (unpaired) electrons. The maximum Gasteiger partial charge on any atom is 0.166 e. The molecule has 120 valence electrons. The number of nitrogens with zero attached hydrogens (tertiary/aromatic N) is 5. The summed E-state index contributed by atoms with van der Waals surface area (Å²) in [5, 5.41) is 0.481. The van der Waals surface area contributed by atoms with E-state index < -0.39 is 7.92 Å². The van der Waals surface area contributed by atoms with Crippen LogP contribution in [0.15, 0.2) is 24.7 Å². The number of fused-ring (bicyclic) bond motifs is 1. The third-order valence-electron chi connectivity index (χ3n) is 3.52. The summed E-state index contributed by atoms with van der Waals surface area (Å²) in [6, 6.07) is 3.72. The van der Waals surface area contributed by atoms with Crippen molar-refractivity contribution in [1.82, 2.24) is 24.5 Å². The molecule has 8 heteroatoms. The Kier molecular flexibility index (Phi) is 4.74. The number of aromatic nitrogens is 5. The molecule has 0 aliphatic carbocycles. The zero-order valence-electron chi connectivity index (χ0n) is 13.1. The lowest BCUT2D eigenvalue weighted by molar-refractivity contribution is 0.810. The average Bonchev–Trinajstić information content (AvgIpc) is 2.93. The van der Waals surface area contributed by atoms with Crippen LogP contribution in [0.1, 0.15) is 18.9 Å². The minimum Gasteiger partial charge on any atom is -0.382 e. The lowest BCUT2D eigenvalue weighted by atomic mass is 10.3. The van der Waals surface area contributed by atoms with Crippen LogP contribution in [-0.2, 0) is 6.54 Å². The topological polar surface area (TPSA) is 82.5 Å². The Bertz CT molecular complexity index is 817. The monoisotopic (exact) mass is 348 g/mol. The van der Waals surface area contributed by atoms with Crippen molar-refractivity contribution in [2.75, 3.05) is 18.6 Å². The van der Waals surface area contributed by atoms with Crippen molar-refractivity contribution in [1.29, 1.82) is 0 Å². The largest absolute Gasteiger partial charge is 0.382 e. The highest BCUT2D eigenvalue weighted by Crippen LogP contribution is 2.29. The van der Waals surface area contributed by atoms with Crippen LogP contribution in [0.5, 0.6) is 0 Å². The van der Waals surface area contributed by atoms with Gasteiger partial charge in [0, 0.05) is 6.20 Å². The quantitative estimate of drug-likeness (QED) is 0.566. The zero-order valence-corrected chi connectivity index (χ0v) is 14.7. The van der Waals surface area contributed by atoms with Gasteiger partial charge in [-0.15, -0.1) is 0 Å². The van der Waals surface area contributed by atoms with Crippen LogP contribution >= 0.6 is 19.5 Å². The minimum absolute atomic E-state index is 0.395. The molecular formula is C15H18ClN6P. The van der Waals surface area contributed by atoms with Crippen molar-refractivity contribution in [2.45, 2.75) is 19.9 Å². The van der Waals surface area contributed by atoms with Crippen LogP contribution in [0.25, 0.3) is 11.2 Å². The second-order valence-corrected chi connectivity index (χ2v) is 7.99. The summed E-state index contributed by atoms with van der Waals surface area (Å²) < 4.78 is 1.97. The summed E-state index contributed by atoms with van der Waals surface area (Å²) >= 11 is 5.83. The molecule has 3 aromatic heterocycles. The van der Waals surface area contributed by atoms with E-state index in [4.69, 9.17) is 22.3 Å². The van der Waals surface area contributed by atoms with Crippen molar-refractivity contribution in [2.24, 2.45) is 0 Å². The van der Waals surface area contributed by atoms with Gasteiger partial charge in [0.15, 0.2) is 17.0 Å². The molecular weight excluding hydrogens is 331 g/mol. The summed E-state index contributed by atoms with van der Waals surface area (Å²) in [5.74, 6) is 0.448. The standard InChI is InChI=1S/C15H18ClN6P/c1-3-6-23(2)15-20-13(17)12-14(21-15)22(9-19-12)8-10-4-5-11(16)18-7-10/h4-5,7,9H,3,6,8H2,1-2H3,(H2,17,20,21). The van der Waals surface area contributed by atoms with Crippen LogP contribution in [0.4, 0.5) is 5.82 Å². The van der Waals surface area contributed by atoms with Crippen LogP contribution in [-0.4, -0.2) is 37.3 Å². The second-order valence-electron chi connectivity index (χ2n) is 5.36. The van der Waals surface area contributed by atoms with Gasteiger partial charge < -0.3 is 10.3 Å². The van der Waals surface area contributed by atoms with Gasteiger partial charge in [-0.2, -0.15) is 0 Å². The molecule has 0 saturated carbocycles. The van der Waals surface area contributed by atoms with Crippen LogP contribution in [0, 0.1) is 0 Å². The van der Waals surface area contributed by atoms with Gasteiger partial charge >= 0.3 is 0 Å². The van der Waals surface area contributed by atoms with Crippen molar-refractivity contribution in [3.05, 3.63) is 35.4 Å². The van der Waals surface area contributed by atoms with Gasteiger partial charge in [-0.3, -0.25) is 0 Å². The van der Waals surface area contributed by atoms with E-state index in [1.165, 1.54) is 0 Å². The molecule has 0 aliphatic rings. The van der Waals surface area contributed by atoms with E-state index in [1.807, 2.05) is 10.6 Å². The Hall–Kier alpha value is -1.78. The smallest absolute Gasteiger partial charge is 0.166 e. The fourth-order valence-electron chi connectivity index (χ4n) is 2.37. The summed E-state index contributed by atoms with van der Waals surface area (Å²) in [5.41, 5.74) is 9.35. The van der Waals surface area contributed by atoms with Gasteiger partial charge in [0.1, 0.15) is 10.7 Å². The molecule has 0 aliphatic heterocycles. The van der Waals surface area contributed by atoms with E-state index in [0.29, 0.717) is 23.0 Å². The first kappa shape index (κ1) is 16.1. The Balaban J connectivity index is 1.99. The average molecular weight is 349 g/mol. The number of pyridine rings is 1. The number of hydrogen-bond acceptors (Lipinski definition) is 5. The van der Waals surface area contributed by atoms with Gasteiger partial charge in [0.2, 0.25) is 0 Å². The predicted molar refractivity (Wildman–Crippen MR) is 95.7 cm³/mol. The molecule has 0 amide bonds. The van der Waals surface area contributed by atoms with Crippen molar-refractivity contribution < 1.29 is 0 Å². The molecule has 0 saturated heterocycles.